The Labute approximate surface area is 251 Å². The average Bonchev–Trinajstić information content (AvgIpc) is 3.56. The number of hydrogen-bond acceptors (Lipinski definition) is 6. The van der Waals surface area contributed by atoms with Crippen LogP contribution in [0.4, 0.5) is 0 Å². The van der Waals surface area contributed by atoms with Crippen molar-refractivity contribution in [3.05, 3.63) is 24.8 Å². The number of ketones is 4. The lowest BCUT2D eigenvalue weighted by atomic mass is 9.43. The van der Waals surface area contributed by atoms with Crippen molar-refractivity contribution in [2.75, 3.05) is 6.61 Å². The van der Waals surface area contributed by atoms with Gasteiger partial charge in [0, 0.05) is 36.2 Å². The summed E-state index contributed by atoms with van der Waals surface area (Å²) in [5, 5.41) is 0. The molecule has 0 bridgehead atoms. The van der Waals surface area contributed by atoms with Gasteiger partial charge in [0.25, 0.3) is 0 Å². The van der Waals surface area contributed by atoms with E-state index in [4.69, 9.17) is 4.74 Å². The minimum absolute atomic E-state index is 0.0514. The summed E-state index contributed by atoms with van der Waals surface area (Å²) in [7, 11) is 0. The van der Waals surface area contributed by atoms with Crippen molar-refractivity contribution in [3.8, 4) is 0 Å². The molecule has 0 amide bonds. The first kappa shape index (κ1) is 31.1. The van der Waals surface area contributed by atoms with E-state index in [1.165, 1.54) is 0 Å². The van der Waals surface area contributed by atoms with Crippen LogP contribution >= 0.6 is 0 Å². The lowest BCUT2D eigenvalue weighted by molar-refractivity contribution is -0.149. The van der Waals surface area contributed by atoms with Crippen molar-refractivity contribution in [2.45, 2.75) is 93.4 Å². The van der Waals surface area contributed by atoms with Crippen LogP contribution in [0.1, 0.15) is 93.4 Å². The number of fused-ring (bicyclic) bond motifs is 2. The Bertz CT molecular complexity index is 1250. The van der Waals surface area contributed by atoms with Crippen molar-refractivity contribution in [1.82, 2.24) is 0 Å². The molecule has 2 spiro atoms. The van der Waals surface area contributed by atoms with Gasteiger partial charge in [-0.3, -0.25) is 14.4 Å². The van der Waals surface area contributed by atoms with Crippen LogP contribution in [0.15, 0.2) is 24.8 Å². The number of ether oxygens (including phenoxy) is 1. The van der Waals surface area contributed by atoms with E-state index in [-0.39, 0.29) is 69.3 Å². The van der Waals surface area contributed by atoms with Gasteiger partial charge in [0.15, 0.2) is 5.78 Å². The Kier molecular flexibility index (Phi) is 7.67. The predicted molar refractivity (Wildman–Crippen MR) is 160 cm³/mol. The number of allylic oxidation sites excluding steroid dienone is 2. The molecule has 42 heavy (non-hydrogen) atoms. The lowest BCUT2D eigenvalue weighted by Crippen LogP contribution is -2.55. The fourth-order valence-electron chi connectivity index (χ4n) is 11.5. The normalized spacial score (nSPS) is 43.5. The minimum Gasteiger partial charge on any atom is -0.462 e. The summed E-state index contributed by atoms with van der Waals surface area (Å²) in [5.74, 6) is -1.34. The van der Waals surface area contributed by atoms with Gasteiger partial charge in [-0.25, -0.2) is 4.79 Å². The molecule has 3 unspecified atom stereocenters. The zero-order valence-corrected chi connectivity index (χ0v) is 26.7. The highest BCUT2D eigenvalue weighted by molar-refractivity contribution is 6.38. The van der Waals surface area contributed by atoms with Gasteiger partial charge in [-0.2, -0.15) is 0 Å². The number of rotatable bonds is 10. The topological polar surface area (TPSA) is 94.6 Å². The Morgan fingerprint density at radius 2 is 1.76 bits per heavy atom. The third-order valence-corrected chi connectivity index (χ3v) is 13.9. The van der Waals surface area contributed by atoms with Crippen molar-refractivity contribution >= 4 is 29.1 Å². The first-order valence-electron chi connectivity index (χ1n) is 16.2. The van der Waals surface area contributed by atoms with E-state index in [1.54, 1.807) is 13.8 Å². The summed E-state index contributed by atoms with van der Waals surface area (Å²) in [5.41, 5.74) is 0.0720. The molecule has 0 aliphatic heterocycles. The van der Waals surface area contributed by atoms with Crippen LogP contribution in [0, 0.1) is 69.0 Å². The second kappa shape index (κ2) is 10.4. The molecule has 0 heterocycles. The molecule has 5 rings (SSSR count). The zero-order chi connectivity index (χ0) is 31.0. The Balaban J connectivity index is 1.43. The third kappa shape index (κ3) is 4.20. The molecule has 0 aromatic carbocycles. The largest absolute Gasteiger partial charge is 0.462 e. The minimum atomic E-state index is -0.580. The molecule has 0 saturated heterocycles. The fraction of sp³-hybridized carbons (Fsp3) is 0.750. The third-order valence-electron chi connectivity index (χ3n) is 13.9. The van der Waals surface area contributed by atoms with E-state index in [9.17, 15) is 24.0 Å². The Morgan fingerprint density at radius 1 is 1.07 bits per heavy atom. The van der Waals surface area contributed by atoms with Gasteiger partial charge in [-0.05, 0) is 96.9 Å². The van der Waals surface area contributed by atoms with Crippen LogP contribution < -0.4 is 0 Å². The standard InChI is InChI=1S/C36H50O6/c1-9-29(39)42-18-20(2)22(4)31(40)32(41)24(6)30-25(16-21(3)37)17-34(8)28-11-10-26-23(5)27(38)12-13-35(26)19-36(28,35)15-14-33(30,34)7/h9,12-13,20,22-26,28,30H,1,10-11,14-19H2,2-8H3/t20-,22?,23-,24-,25-,26?,28?,30-,33+,34-,35+,36-/m0/s1. The SMILES string of the molecule is C=CC(=O)OC[C@H](C)C(C)C(=O)C(=O)[C@@H](C)[C@H]1[C@@H](CC(C)=O)C[C@@]2(C)C3CCC4[C@H](C)C(=O)C=C[C@@]45C[C@@]35CC[C@]12C. The molecule has 4 saturated carbocycles. The summed E-state index contributed by atoms with van der Waals surface area (Å²) in [6.07, 6.45) is 11.9. The van der Waals surface area contributed by atoms with Crippen LogP contribution in [0.2, 0.25) is 0 Å². The summed E-state index contributed by atoms with van der Waals surface area (Å²) in [4.78, 5) is 64.2. The van der Waals surface area contributed by atoms with Gasteiger partial charge in [0.2, 0.25) is 11.6 Å². The van der Waals surface area contributed by atoms with Crippen LogP contribution in [0.3, 0.4) is 0 Å². The molecule has 6 nitrogen and oxygen atoms in total. The van der Waals surface area contributed by atoms with Crippen LogP contribution in [-0.4, -0.2) is 35.7 Å². The second-order valence-corrected chi connectivity index (χ2v) is 15.5. The Hall–Kier alpha value is -2.37. The van der Waals surface area contributed by atoms with Crippen LogP contribution in [0.5, 0.6) is 0 Å². The number of carbonyl (C=O) groups excluding carboxylic acids is 5. The number of esters is 1. The van der Waals surface area contributed by atoms with Crippen molar-refractivity contribution < 1.29 is 28.7 Å². The quantitative estimate of drug-likeness (QED) is 0.170. The molecule has 5 aliphatic rings. The first-order valence-corrected chi connectivity index (χ1v) is 16.2. The molecule has 0 N–H and O–H groups in total. The van der Waals surface area contributed by atoms with Gasteiger partial charge in [0.1, 0.15) is 5.78 Å². The molecule has 0 aromatic rings. The number of carbonyl (C=O) groups is 5. The molecule has 4 fully saturated rings. The molecule has 12 atom stereocenters. The number of Topliss-reactive ketones (excluding diaryl/α,β-unsaturated/α-hetero) is 3. The average molecular weight is 579 g/mol. The van der Waals surface area contributed by atoms with E-state index in [2.05, 4.69) is 33.4 Å². The first-order chi connectivity index (χ1) is 19.6. The highest BCUT2D eigenvalue weighted by atomic mass is 16.5. The van der Waals surface area contributed by atoms with E-state index in [0.29, 0.717) is 18.3 Å². The number of hydrogen-bond donors (Lipinski definition) is 0. The molecule has 230 valence electrons. The lowest BCUT2D eigenvalue weighted by Gasteiger charge is -2.61. The highest BCUT2D eigenvalue weighted by Crippen LogP contribution is 2.87. The monoisotopic (exact) mass is 578 g/mol. The van der Waals surface area contributed by atoms with E-state index in [1.807, 2.05) is 19.9 Å². The molecule has 6 heteroatoms. The van der Waals surface area contributed by atoms with Crippen LogP contribution in [-0.2, 0) is 28.7 Å². The molecular formula is C36H50O6. The van der Waals surface area contributed by atoms with Gasteiger partial charge < -0.3 is 9.53 Å². The zero-order valence-electron chi connectivity index (χ0n) is 26.7. The molecule has 0 radical (unpaired) electrons. The summed E-state index contributed by atoms with van der Waals surface area (Å²) in [6.45, 7) is 17.5. The summed E-state index contributed by atoms with van der Waals surface area (Å²) >= 11 is 0. The van der Waals surface area contributed by atoms with Gasteiger partial charge in [-0.15, -0.1) is 0 Å². The summed E-state index contributed by atoms with van der Waals surface area (Å²) in [6, 6.07) is 0. The predicted octanol–water partition coefficient (Wildman–Crippen LogP) is 6.36. The summed E-state index contributed by atoms with van der Waals surface area (Å²) < 4.78 is 5.16. The van der Waals surface area contributed by atoms with Crippen molar-refractivity contribution in [1.29, 1.82) is 0 Å². The second-order valence-electron chi connectivity index (χ2n) is 15.5. The maximum Gasteiger partial charge on any atom is 0.330 e. The molecule has 0 aromatic heterocycles. The fourth-order valence-corrected chi connectivity index (χ4v) is 11.5. The molecule has 5 aliphatic carbocycles. The maximum atomic E-state index is 13.9. The van der Waals surface area contributed by atoms with Crippen molar-refractivity contribution in [3.63, 3.8) is 0 Å². The van der Waals surface area contributed by atoms with Crippen LogP contribution in [0.25, 0.3) is 0 Å². The van der Waals surface area contributed by atoms with Gasteiger partial charge in [0.05, 0.1) is 6.61 Å². The smallest absolute Gasteiger partial charge is 0.330 e. The van der Waals surface area contributed by atoms with E-state index >= 15 is 0 Å². The molecular weight excluding hydrogens is 528 g/mol. The maximum absolute atomic E-state index is 13.9. The Morgan fingerprint density at radius 3 is 2.40 bits per heavy atom. The van der Waals surface area contributed by atoms with E-state index < -0.39 is 23.6 Å². The van der Waals surface area contributed by atoms with Gasteiger partial charge in [-0.1, -0.05) is 54.2 Å². The van der Waals surface area contributed by atoms with Crippen molar-refractivity contribution in [2.24, 2.45) is 69.0 Å². The highest BCUT2D eigenvalue weighted by Gasteiger charge is 2.81. The van der Waals surface area contributed by atoms with E-state index in [0.717, 1.165) is 44.6 Å². The van der Waals surface area contributed by atoms with Gasteiger partial charge >= 0.3 is 5.97 Å².